The molecule has 1 atom stereocenters. The van der Waals surface area contributed by atoms with E-state index in [0.29, 0.717) is 18.8 Å². The van der Waals surface area contributed by atoms with Gasteiger partial charge in [-0.15, -0.1) is 0 Å². The smallest absolute Gasteiger partial charge is 0.309 e. The molecule has 0 bridgehead atoms. The summed E-state index contributed by atoms with van der Waals surface area (Å²) in [6.45, 7) is 0.570. The van der Waals surface area contributed by atoms with E-state index in [1.54, 1.807) is 7.11 Å². The number of carbonyl (C=O) groups excluding carboxylic acids is 1. The highest BCUT2D eigenvalue weighted by Crippen LogP contribution is 2.07. The van der Waals surface area contributed by atoms with Gasteiger partial charge in [-0.3, -0.25) is 4.79 Å². The van der Waals surface area contributed by atoms with Crippen molar-refractivity contribution in [3.63, 3.8) is 0 Å². The van der Waals surface area contributed by atoms with E-state index in [2.05, 4.69) is 17.4 Å². The standard InChI is InChI=1S/C7H14O3S/c1-9-4-3-6(5-11)7(8)10-2/h6,11H,3-5H2,1-2H3. The molecule has 0 radical (unpaired) electrons. The van der Waals surface area contributed by atoms with E-state index < -0.39 is 0 Å². The Hall–Kier alpha value is -0.220. The van der Waals surface area contributed by atoms with Crippen LogP contribution in [-0.4, -0.2) is 32.5 Å². The zero-order chi connectivity index (χ0) is 8.69. The van der Waals surface area contributed by atoms with Crippen LogP contribution in [0.25, 0.3) is 0 Å². The predicted molar refractivity (Wildman–Crippen MR) is 45.9 cm³/mol. The quantitative estimate of drug-likeness (QED) is 0.498. The van der Waals surface area contributed by atoms with Crippen molar-refractivity contribution in [2.24, 2.45) is 5.92 Å². The van der Waals surface area contributed by atoms with Crippen LogP contribution in [0.15, 0.2) is 0 Å². The number of methoxy groups -OCH3 is 2. The normalized spacial score (nSPS) is 12.6. The minimum Gasteiger partial charge on any atom is -0.469 e. The van der Waals surface area contributed by atoms with Crippen LogP contribution in [0.4, 0.5) is 0 Å². The van der Waals surface area contributed by atoms with Crippen LogP contribution in [0.1, 0.15) is 6.42 Å². The van der Waals surface area contributed by atoms with Gasteiger partial charge in [-0.1, -0.05) is 0 Å². The third-order valence-corrected chi connectivity index (χ3v) is 1.87. The summed E-state index contributed by atoms with van der Waals surface area (Å²) in [5.74, 6) is 0.163. The number of hydrogen-bond donors (Lipinski definition) is 1. The highest BCUT2D eigenvalue weighted by atomic mass is 32.1. The molecule has 3 nitrogen and oxygen atoms in total. The molecular weight excluding hydrogens is 164 g/mol. The third kappa shape index (κ3) is 4.27. The van der Waals surface area contributed by atoms with Crippen molar-refractivity contribution in [1.82, 2.24) is 0 Å². The summed E-state index contributed by atoms with van der Waals surface area (Å²) in [6.07, 6.45) is 0.673. The van der Waals surface area contributed by atoms with E-state index in [4.69, 9.17) is 4.74 Å². The predicted octanol–water partition coefficient (Wildman–Crippen LogP) is 0.742. The number of esters is 1. The molecule has 4 heteroatoms. The maximum Gasteiger partial charge on any atom is 0.309 e. The first-order valence-electron chi connectivity index (χ1n) is 3.43. The Balaban J connectivity index is 3.65. The van der Waals surface area contributed by atoms with Gasteiger partial charge in [-0.25, -0.2) is 0 Å². The van der Waals surface area contributed by atoms with Crippen molar-refractivity contribution in [3.8, 4) is 0 Å². The Morgan fingerprint density at radius 1 is 1.55 bits per heavy atom. The van der Waals surface area contributed by atoms with E-state index in [9.17, 15) is 4.79 Å². The van der Waals surface area contributed by atoms with Gasteiger partial charge >= 0.3 is 5.97 Å². The van der Waals surface area contributed by atoms with E-state index in [1.807, 2.05) is 0 Å². The molecule has 0 aromatic rings. The lowest BCUT2D eigenvalue weighted by Gasteiger charge is -2.10. The number of hydrogen-bond acceptors (Lipinski definition) is 4. The molecule has 0 fully saturated rings. The Labute approximate surface area is 72.5 Å². The molecule has 0 aromatic heterocycles. The SMILES string of the molecule is COCCC(CS)C(=O)OC. The van der Waals surface area contributed by atoms with Gasteiger partial charge in [0.05, 0.1) is 13.0 Å². The van der Waals surface area contributed by atoms with Crippen molar-refractivity contribution >= 4 is 18.6 Å². The van der Waals surface area contributed by atoms with Crippen molar-refractivity contribution in [1.29, 1.82) is 0 Å². The van der Waals surface area contributed by atoms with Gasteiger partial charge in [0.1, 0.15) is 0 Å². The monoisotopic (exact) mass is 178 g/mol. The molecule has 0 amide bonds. The number of thiol groups is 1. The van der Waals surface area contributed by atoms with Crippen LogP contribution in [0.2, 0.25) is 0 Å². The average molecular weight is 178 g/mol. The lowest BCUT2D eigenvalue weighted by Crippen LogP contribution is -2.19. The Morgan fingerprint density at radius 3 is 2.55 bits per heavy atom. The van der Waals surface area contributed by atoms with E-state index >= 15 is 0 Å². The molecule has 1 unspecified atom stereocenters. The second-order valence-corrected chi connectivity index (χ2v) is 2.55. The molecular formula is C7H14O3S. The highest BCUT2D eigenvalue weighted by molar-refractivity contribution is 7.80. The zero-order valence-corrected chi connectivity index (χ0v) is 7.77. The molecule has 66 valence electrons. The first-order valence-corrected chi connectivity index (χ1v) is 4.07. The van der Waals surface area contributed by atoms with Crippen molar-refractivity contribution in [2.75, 3.05) is 26.6 Å². The van der Waals surface area contributed by atoms with Crippen LogP contribution in [0.3, 0.4) is 0 Å². The fourth-order valence-electron chi connectivity index (χ4n) is 0.710. The summed E-state index contributed by atoms with van der Waals surface area (Å²) < 4.78 is 9.38. The minimum absolute atomic E-state index is 0.136. The number of ether oxygens (including phenoxy) is 2. The topological polar surface area (TPSA) is 35.5 Å². The molecule has 0 spiro atoms. The second-order valence-electron chi connectivity index (χ2n) is 2.18. The van der Waals surface area contributed by atoms with Gasteiger partial charge in [0.15, 0.2) is 0 Å². The van der Waals surface area contributed by atoms with Gasteiger partial charge < -0.3 is 9.47 Å². The van der Waals surface area contributed by atoms with Gasteiger partial charge in [0.2, 0.25) is 0 Å². The fourth-order valence-corrected chi connectivity index (χ4v) is 1.04. The van der Waals surface area contributed by atoms with Crippen molar-refractivity contribution < 1.29 is 14.3 Å². The van der Waals surface area contributed by atoms with Crippen LogP contribution >= 0.6 is 12.6 Å². The lowest BCUT2D eigenvalue weighted by molar-refractivity contribution is -0.145. The Kier molecular flexibility index (Phi) is 6.36. The zero-order valence-electron chi connectivity index (χ0n) is 6.87. The van der Waals surface area contributed by atoms with Crippen LogP contribution in [0, 0.1) is 5.92 Å². The Bertz CT molecular complexity index is 116. The summed E-state index contributed by atoms with van der Waals surface area (Å²) in [5, 5.41) is 0. The maximum atomic E-state index is 10.9. The summed E-state index contributed by atoms with van der Waals surface area (Å²) in [5.41, 5.74) is 0. The summed E-state index contributed by atoms with van der Waals surface area (Å²) in [7, 11) is 2.98. The highest BCUT2D eigenvalue weighted by Gasteiger charge is 2.16. The van der Waals surface area contributed by atoms with E-state index in [0.717, 1.165) is 0 Å². The number of carbonyl (C=O) groups is 1. The van der Waals surface area contributed by atoms with Gasteiger partial charge in [0.25, 0.3) is 0 Å². The third-order valence-electron chi connectivity index (χ3n) is 1.43. The minimum atomic E-state index is -0.211. The first-order chi connectivity index (χ1) is 5.26. The maximum absolute atomic E-state index is 10.9. The molecule has 11 heavy (non-hydrogen) atoms. The molecule has 0 aromatic carbocycles. The second kappa shape index (κ2) is 6.49. The molecule has 0 heterocycles. The molecule has 0 saturated carbocycles. The fraction of sp³-hybridized carbons (Fsp3) is 0.857. The van der Waals surface area contributed by atoms with Crippen molar-refractivity contribution in [2.45, 2.75) is 6.42 Å². The molecule has 0 aliphatic heterocycles. The van der Waals surface area contributed by atoms with Crippen molar-refractivity contribution in [3.05, 3.63) is 0 Å². The summed E-state index contributed by atoms with van der Waals surface area (Å²) in [4.78, 5) is 10.9. The van der Waals surface area contributed by atoms with Gasteiger partial charge in [-0.2, -0.15) is 12.6 Å². The lowest BCUT2D eigenvalue weighted by atomic mass is 10.1. The molecule has 0 rings (SSSR count). The van der Waals surface area contributed by atoms with Crippen LogP contribution in [0.5, 0.6) is 0 Å². The average Bonchev–Trinajstić information content (AvgIpc) is 2.05. The van der Waals surface area contributed by atoms with Gasteiger partial charge in [-0.05, 0) is 6.42 Å². The van der Waals surface area contributed by atoms with Crippen LogP contribution < -0.4 is 0 Å². The van der Waals surface area contributed by atoms with Gasteiger partial charge in [0, 0.05) is 19.5 Å². The molecule has 0 aliphatic rings. The molecule has 0 aliphatic carbocycles. The largest absolute Gasteiger partial charge is 0.469 e. The van der Waals surface area contributed by atoms with E-state index in [-0.39, 0.29) is 11.9 Å². The summed E-state index contributed by atoms with van der Waals surface area (Å²) in [6, 6.07) is 0. The van der Waals surface area contributed by atoms with Crippen LogP contribution in [-0.2, 0) is 14.3 Å². The number of rotatable bonds is 5. The Morgan fingerprint density at radius 2 is 2.18 bits per heavy atom. The first kappa shape index (κ1) is 10.8. The molecule has 0 saturated heterocycles. The summed E-state index contributed by atoms with van der Waals surface area (Å²) >= 11 is 4.03. The van der Waals surface area contributed by atoms with E-state index in [1.165, 1.54) is 7.11 Å². The molecule has 0 N–H and O–H groups in total.